The maximum atomic E-state index is 13.7. The standard InChI is InChI=1S/C29H29N3O4/c1-18(2)17-36-23-12-10-19(11-13-23)21-15-26-28(27(33)16-21)29(20-6-5-7-22(14-20)32(34)35)31-25-9-4-3-8-24(25)30-26/h3-14,18,21,29-31H,15-17H2,1-2H3. The Morgan fingerprint density at radius 2 is 1.72 bits per heavy atom. The molecule has 3 aromatic rings. The number of carbonyl (C=O) groups excluding carboxylic acids is 1. The molecule has 3 aromatic carbocycles. The van der Waals surface area contributed by atoms with Gasteiger partial charge in [-0.3, -0.25) is 14.9 Å². The van der Waals surface area contributed by atoms with Crippen molar-refractivity contribution >= 4 is 22.8 Å². The lowest BCUT2D eigenvalue weighted by atomic mass is 9.78. The number of Topliss-reactive ketones (excluding diaryl/α,β-unsaturated/α-hetero) is 1. The highest BCUT2D eigenvalue weighted by atomic mass is 16.6. The Morgan fingerprint density at radius 3 is 2.44 bits per heavy atom. The fraction of sp³-hybridized carbons (Fsp3) is 0.276. The molecule has 7 nitrogen and oxygen atoms in total. The van der Waals surface area contributed by atoms with Crippen molar-refractivity contribution in [3.63, 3.8) is 0 Å². The van der Waals surface area contributed by atoms with Crippen LogP contribution in [0.3, 0.4) is 0 Å². The number of nitro benzene ring substituents is 1. The molecule has 0 saturated heterocycles. The average molecular weight is 484 g/mol. The first-order chi connectivity index (χ1) is 17.4. The Kier molecular flexibility index (Phi) is 6.46. The summed E-state index contributed by atoms with van der Waals surface area (Å²) in [6.07, 6.45) is 1.03. The average Bonchev–Trinajstić information content (AvgIpc) is 3.05. The zero-order chi connectivity index (χ0) is 25.2. The molecule has 0 fully saturated rings. The van der Waals surface area contributed by atoms with Gasteiger partial charge in [0, 0.05) is 29.8 Å². The number of nitrogens with one attached hydrogen (secondary N) is 2. The summed E-state index contributed by atoms with van der Waals surface area (Å²) in [5.74, 6) is 1.33. The van der Waals surface area contributed by atoms with E-state index in [1.807, 2.05) is 54.6 Å². The first-order valence-corrected chi connectivity index (χ1v) is 12.2. The van der Waals surface area contributed by atoms with Gasteiger partial charge in [0.2, 0.25) is 0 Å². The van der Waals surface area contributed by atoms with Gasteiger partial charge in [-0.15, -0.1) is 0 Å². The molecule has 7 heteroatoms. The van der Waals surface area contributed by atoms with Crippen molar-refractivity contribution in [2.45, 2.75) is 38.6 Å². The second-order valence-corrected chi connectivity index (χ2v) is 9.79. The van der Waals surface area contributed by atoms with Gasteiger partial charge < -0.3 is 15.4 Å². The number of allylic oxidation sites excluding steroid dienone is 1. The summed E-state index contributed by atoms with van der Waals surface area (Å²) < 4.78 is 5.82. The number of ether oxygens (including phenoxy) is 1. The minimum absolute atomic E-state index is 0.00264. The van der Waals surface area contributed by atoms with E-state index in [-0.39, 0.29) is 17.4 Å². The maximum Gasteiger partial charge on any atom is 0.269 e. The topological polar surface area (TPSA) is 93.5 Å². The van der Waals surface area contributed by atoms with Gasteiger partial charge in [-0.25, -0.2) is 0 Å². The fourth-order valence-corrected chi connectivity index (χ4v) is 4.90. The Balaban J connectivity index is 1.50. The van der Waals surface area contributed by atoms with Gasteiger partial charge in [-0.05, 0) is 53.6 Å². The highest BCUT2D eigenvalue weighted by molar-refractivity contribution is 6.01. The number of nitro groups is 1. The van der Waals surface area contributed by atoms with Crippen molar-refractivity contribution in [1.82, 2.24) is 0 Å². The number of rotatable bonds is 6. The van der Waals surface area contributed by atoms with Gasteiger partial charge in [0.05, 0.1) is 28.9 Å². The van der Waals surface area contributed by atoms with Crippen molar-refractivity contribution in [2.75, 3.05) is 17.2 Å². The summed E-state index contributed by atoms with van der Waals surface area (Å²) in [4.78, 5) is 24.7. The predicted molar refractivity (Wildman–Crippen MR) is 140 cm³/mol. The molecule has 1 aliphatic heterocycles. The molecule has 0 aromatic heterocycles. The van der Waals surface area contributed by atoms with Crippen LogP contribution in [0, 0.1) is 16.0 Å². The van der Waals surface area contributed by atoms with E-state index in [0.29, 0.717) is 36.5 Å². The maximum absolute atomic E-state index is 13.7. The van der Waals surface area contributed by atoms with Crippen LogP contribution in [0.25, 0.3) is 0 Å². The van der Waals surface area contributed by atoms with Gasteiger partial charge in [0.25, 0.3) is 5.69 Å². The van der Waals surface area contributed by atoms with E-state index < -0.39 is 11.0 Å². The highest BCUT2D eigenvalue weighted by Crippen LogP contribution is 2.44. The van der Waals surface area contributed by atoms with Gasteiger partial charge >= 0.3 is 0 Å². The third kappa shape index (κ3) is 4.82. The van der Waals surface area contributed by atoms with Crippen LogP contribution in [-0.4, -0.2) is 17.3 Å². The number of anilines is 2. The van der Waals surface area contributed by atoms with E-state index in [1.165, 1.54) is 6.07 Å². The lowest BCUT2D eigenvalue weighted by molar-refractivity contribution is -0.384. The number of fused-ring (bicyclic) bond motifs is 1. The summed E-state index contributed by atoms with van der Waals surface area (Å²) >= 11 is 0. The van der Waals surface area contributed by atoms with Crippen LogP contribution >= 0.6 is 0 Å². The van der Waals surface area contributed by atoms with E-state index in [4.69, 9.17) is 4.74 Å². The molecule has 0 bridgehead atoms. The van der Waals surface area contributed by atoms with Crippen LogP contribution in [0.4, 0.5) is 17.1 Å². The minimum atomic E-state index is -0.490. The molecule has 2 atom stereocenters. The van der Waals surface area contributed by atoms with Crippen molar-refractivity contribution in [3.05, 3.63) is 105 Å². The third-order valence-corrected chi connectivity index (χ3v) is 6.66. The zero-order valence-corrected chi connectivity index (χ0v) is 20.4. The molecule has 0 spiro atoms. The summed E-state index contributed by atoms with van der Waals surface area (Å²) in [6, 6.07) is 21.8. The minimum Gasteiger partial charge on any atom is -0.493 e. The monoisotopic (exact) mass is 483 g/mol. The Morgan fingerprint density at radius 1 is 0.972 bits per heavy atom. The molecular formula is C29H29N3O4. The van der Waals surface area contributed by atoms with Crippen LogP contribution < -0.4 is 15.4 Å². The molecule has 1 heterocycles. The van der Waals surface area contributed by atoms with Crippen LogP contribution in [0.2, 0.25) is 0 Å². The van der Waals surface area contributed by atoms with Crippen molar-refractivity contribution in [3.8, 4) is 5.75 Å². The highest BCUT2D eigenvalue weighted by Gasteiger charge is 2.36. The Bertz CT molecular complexity index is 1330. The number of para-hydroxylation sites is 2. The first kappa shape index (κ1) is 23.6. The number of hydrogen-bond donors (Lipinski definition) is 2. The molecule has 2 N–H and O–H groups in total. The Labute approximate surface area is 210 Å². The van der Waals surface area contributed by atoms with Crippen LogP contribution in [0.1, 0.15) is 49.8 Å². The van der Waals surface area contributed by atoms with E-state index in [1.54, 1.807) is 12.1 Å². The zero-order valence-electron chi connectivity index (χ0n) is 20.4. The van der Waals surface area contributed by atoms with E-state index in [2.05, 4.69) is 24.5 Å². The predicted octanol–water partition coefficient (Wildman–Crippen LogP) is 6.61. The van der Waals surface area contributed by atoms with Gasteiger partial charge in [0.1, 0.15) is 5.75 Å². The molecule has 1 aliphatic carbocycles. The number of ketones is 1. The van der Waals surface area contributed by atoms with Crippen molar-refractivity contribution in [1.29, 1.82) is 0 Å². The number of hydrogen-bond acceptors (Lipinski definition) is 6. The van der Waals surface area contributed by atoms with Gasteiger partial charge in [-0.2, -0.15) is 0 Å². The number of carbonyl (C=O) groups is 1. The SMILES string of the molecule is CC(C)COc1ccc(C2CC(=O)C3=C(C2)Nc2ccccc2NC3c2cccc([N+](=O)[O-])c2)cc1. The van der Waals surface area contributed by atoms with E-state index in [9.17, 15) is 14.9 Å². The second kappa shape index (κ2) is 9.85. The lowest BCUT2D eigenvalue weighted by Crippen LogP contribution is -2.26. The van der Waals surface area contributed by atoms with Crippen LogP contribution in [0.15, 0.2) is 84.1 Å². The van der Waals surface area contributed by atoms with Gasteiger partial charge in [0.15, 0.2) is 5.78 Å². The molecule has 0 saturated carbocycles. The van der Waals surface area contributed by atoms with Crippen LogP contribution in [-0.2, 0) is 4.79 Å². The van der Waals surface area contributed by atoms with Crippen LogP contribution in [0.5, 0.6) is 5.75 Å². The van der Waals surface area contributed by atoms with E-state index in [0.717, 1.165) is 28.4 Å². The number of benzene rings is 3. The quantitative estimate of drug-likeness (QED) is 0.303. The second-order valence-electron chi connectivity index (χ2n) is 9.79. The molecule has 5 rings (SSSR count). The summed E-state index contributed by atoms with van der Waals surface area (Å²) in [5.41, 5.74) is 5.00. The third-order valence-electron chi connectivity index (χ3n) is 6.66. The summed E-state index contributed by atoms with van der Waals surface area (Å²) in [5, 5.41) is 18.4. The molecule has 36 heavy (non-hydrogen) atoms. The first-order valence-electron chi connectivity index (χ1n) is 12.2. The molecule has 2 unspecified atom stereocenters. The molecule has 2 aliphatic rings. The van der Waals surface area contributed by atoms with Crippen molar-refractivity contribution in [2.24, 2.45) is 5.92 Å². The van der Waals surface area contributed by atoms with E-state index >= 15 is 0 Å². The Hall–Kier alpha value is -4.13. The molecule has 0 amide bonds. The number of nitrogens with zero attached hydrogens (tertiary/aromatic N) is 1. The van der Waals surface area contributed by atoms with Crippen molar-refractivity contribution < 1.29 is 14.5 Å². The molecule has 184 valence electrons. The smallest absolute Gasteiger partial charge is 0.269 e. The lowest BCUT2D eigenvalue weighted by Gasteiger charge is -2.30. The fourth-order valence-electron chi connectivity index (χ4n) is 4.90. The summed E-state index contributed by atoms with van der Waals surface area (Å²) in [7, 11) is 0. The van der Waals surface area contributed by atoms with Gasteiger partial charge in [-0.1, -0.05) is 50.2 Å². The molecular weight excluding hydrogens is 454 g/mol. The normalized spacial score (nSPS) is 19.0. The number of non-ortho nitro benzene ring substituents is 1. The largest absolute Gasteiger partial charge is 0.493 e. The molecule has 0 radical (unpaired) electrons. The summed E-state index contributed by atoms with van der Waals surface area (Å²) in [6.45, 7) is 4.88.